The molecule has 1 fully saturated rings. The number of ether oxygens (including phenoxy) is 1. The molecule has 1 aliphatic rings. The summed E-state index contributed by atoms with van der Waals surface area (Å²) in [7, 11) is 1.54. The number of anilines is 2. The minimum atomic E-state index is -0.448. The van der Waals surface area contributed by atoms with E-state index >= 15 is 0 Å². The van der Waals surface area contributed by atoms with Crippen LogP contribution in [0.25, 0.3) is 6.08 Å². The summed E-state index contributed by atoms with van der Waals surface area (Å²) in [6.07, 6.45) is 5.07. The molecule has 2 aromatic rings. The third kappa shape index (κ3) is 4.17. The molecule has 6 heteroatoms. The molecule has 136 valence electrons. The molecule has 3 rings (SSSR count). The predicted molar refractivity (Wildman–Crippen MR) is 104 cm³/mol. The Bertz CT molecular complexity index is 833. The fraction of sp³-hybridized carbons (Fsp3) is 0.250. The van der Waals surface area contributed by atoms with Crippen LogP contribution in [-0.2, 0) is 4.79 Å². The average molecular weight is 375 g/mol. The van der Waals surface area contributed by atoms with Gasteiger partial charge in [-0.15, -0.1) is 0 Å². The summed E-state index contributed by atoms with van der Waals surface area (Å²) in [6.45, 7) is 1.73. The maximum absolute atomic E-state index is 14.3. The van der Waals surface area contributed by atoms with Gasteiger partial charge in [0.05, 0.1) is 12.8 Å². The van der Waals surface area contributed by atoms with E-state index in [1.807, 2.05) is 6.07 Å². The first-order valence-electron chi connectivity index (χ1n) is 8.44. The number of hydrogen-bond acceptors (Lipinski definition) is 3. The largest absolute Gasteiger partial charge is 0.496 e. The van der Waals surface area contributed by atoms with Crippen molar-refractivity contribution < 1.29 is 13.9 Å². The fourth-order valence-corrected chi connectivity index (χ4v) is 3.20. The number of carbonyl (C=O) groups excluding carboxylic acids is 1. The number of rotatable bonds is 5. The van der Waals surface area contributed by atoms with Gasteiger partial charge in [-0.25, -0.2) is 4.39 Å². The molecule has 0 aromatic heterocycles. The van der Waals surface area contributed by atoms with E-state index in [0.29, 0.717) is 22.0 Å². The molecule has 2 aromatic carbocycles. The second-order valence-electron chi connectivity index (χ2n) is 6.04. The Morgan fingerprint density at radius 3 is 2.77 bits per heavy atom. The minimum absolute atomic E-state index is 0.210. The van der Waals surface area contributed by atoms with Crippen LogP contribution in [0.4, 0.5) is 15.8 Å². The van der Waals surface area contributed by atoms with Gasteiger partial charge in [0.2, 0.25) is 5.91 Å². The van der Waals surface area contributed by atoms with Gasteiger partial charge in [-0.05, 0) is 49.2 Å². The number of amides is 1. The number of nitrogens with zero attached hydrogens (tertiary/aromatic N) is 1. The topological polar surface area (TPSA) is 41.6 Å². The second kappa shape index (κ2) is 8.23. The highest BCUT2D eigenvalue weighted by Gasteiger charge is 2.19. The van der Waals surface area contributed by atoms with Gasteiger partial charge in [0, 0.05) is 29.8 Å². The van der Waals surface area contributed by atoms with E-state index in [-0.39, 0.29) is 5.69 Å². The molecular weight excluding hydrogens is 355 g/mol. The van der Waals surface area contributed by atoms with Gasteiger partial charge in [-0.2, -0.15) is 0 Å². The Hall–Kier alpha value is -2.53. The van der Waals surface area contributed by atoms with E-state index in [4.69, 9.17) is 16.3 Å². The van der Waals surface area contributed by atoms with Gasteiger partial charge < -0.3 is 15.0 Å². The summed E-state index contributed by atoms with van der Waals surface area (Å²) >= 11 is 5.99. The van der Waals surface area contributed by atoms with Crippen LogP contribution in [0.2, 0.25) is 5.02 Å². The molecule has 0 bridgehead atoms. The lowest BCUT2D eigenvalue weighted by atomic mass is 10.2. The van der Waals surface area contributed by atoms with E-state index in [9.17, 15) is 9.18 Å². The predicted octanol–water partition coefficient (Wildman–Crippen LogP) is 4.74. The lowest BCUT2D eigenvalue weighted by molar-refractivity contribution is -0.111. The lowest BCUT2D eigenvalue weighted by Crippen LogP contribution is -2.21. The second-order valence-corrected chi connectivity index (χ2v) is 6.47. The summed E-state index contributed by atoms with van der Waals surface area (Å²) in [5, 5.41) is 3.20. The van der Waals surface area contributed by atoms with Gasteiger partial charge in [-0.1, -0.05) is 17.7 Å². The highest BCUT2D eigenvalue weighted by atomic mass is 35.5. The Morgan fingerprint density at radius 1 is 1.27 bits per heavy atom. The summed E-state index contributed by atoms with van der Waals surface area (Å²) in [4.78, 5) is 14.4. The Kier molecular flexibility index (Phi) is 5.78. The van der Waals surface area contributed by atoms with Crippen LogP contribution in [-0.4, -0.2) is 26.1 Å². The van der Waals surface area contributed by atoms with Crippen LogP contribution >= 0.6 is 11.6 Å². The van der Waals surface area contributed by atoms with Crippen molar-refractivity contribution in [2.45, 2.75) is 12.8 Å². The number of hydrogen-bond donors (Lipinski definition) is 1. The Balaban J connectivity index is 1.79. The maximum Gasteiger partial charge on any atom is 0.248 e. The number of halogens is 2. The van der Waals surface area contributed by atoms with Crippen LogP contribution in [0.15, 0.2) is 42.5 Å². The SMILES string of the molecule is COc1ccc(Cl)cc1/C=C/C(=O)Nc1c(F)cccc1N1CCCC1. The van der Waals surface area contributed by atoms with Crippen LogP contribution < -0.4 is 15.0 Å². The first-order chi connectivity index (χ1) is 12.6. The zero-order valence-electron chi connectivity index (χ0n) is 14.5. The number of carbonyl (C=O) groups is 1. The fourth-order valence-electron chi connectivity index (χ4n) is 3.02. The number of benzene rings is 2. The first-order valence-corrected chi connectivity index (χ1v) is 8.82. The van der Waals surface area contributed by atoms with Crippen molar-refractivity contribution in [1.82, 2.24) is 0 Å². The third-order valence-corrected chi connectivity index (χ3v) is 4.53. The summed E-state index contributed by atoms with van der Waals surface area (Å²) in [5.41, 5.74) is 1.59. The van der Waals surface area contributed by atoms with Crippen molar-refractivity contribution in [3.8, 4) is 5.75 Å². The molecule has 0 saturated carbocycles. The van der Waals surface area contributed by atoms with Crippen LogP contribution in [0, 0.1) is 5.82 Å². The number of methoxy groups -OCH3 is 1. The average Bonchev–Trinajstić information content (AvgIpc) is 3.16. The molecule has 1 aliphatic heterocycles. The van der Waals surface area contributed by atoms with Crippen LogP contribution in [0.1, 0.15) is 18.4 Å². The van der Waals surface area contributed by atoms with Crippen LogP contribution in [0.3, 0.4) is 0 Å². The zero-order valence-corrected chi connectivity index (χ0v) is 15.2. The van der Waals surface area contributed by atoms with Gasteiger partial charge in [0.25, 0.3) is 0 Å². The molecule has 0 unspecified atom stereocenters. The van der Waals surface area contributed by atoms with E-state index in [2.05, 4.69) is 10.2 Å². The Morgan fingerprint density at radius 2 is 2.04 bits per heavy atom. The van der Waals surface area contributed by atoms with Gasteiger partial charge in [-0.3, -0.25) is 4.79 Å². The van der Waals surface area contributed by atoms with Crippen molar-refractivity contribution in [1.29, 1.82) is 0 Å². The molecule has 1 amide bonds. The molecule has 1 N–H and O–H groups in total. The van der Waals surface area contributed by atoms with Crippen molar-refractivity contribution in [2.24, 2.45) is 0 Å². The molecule has 0 radical (unpaired) electrons. The van der Waals surface area contributed by atoms with Crippen LogP contribution in [0.5, 0.6) is 5.75 Å². The maximum atomic E-state index is 14.3. The molecule has 0 spiro atoms. The van der Waals surface area contributed by atoms with E-state index in [1.54, 1.807) is 37.5 Å². The highest BCUT2D eigenvalue weighted by molar-refractivity contribution is 6.30. The smallest absolute Gasteiger partial charge is 0.248 e. The first kappa shape index (κ1) is 18.3. The molecular formula is C20H20ClFN2O2. The van der Waals surface area contributed by atoms with Crippen molar-refractivity contribution in [3.63, 3.8) is 0 Å². The van der Waals surface area contributed by atoms with E-state index in [0.717, 1.165) is 25.9 Å². The molecule has 4 nitrogen and oxygen atoms in total. The molecule has 1 saturated heterocycles. The lowest BCUT2D eigenvalue weighted by Gasteiger charge is -2.21. The molecule has 1 heterocycles. The minimum Gasteiger partial charge on any atom is -0.496 e. The normalized spacial score (nSPS) is 14.0. The van der Waals surface area contributed by atoms with Gasteiger partial charge in [0.15, 0.2) is 0 Å². The third-order valence-electron chi connectivity index (χ3n) is 4.29. The molecule has 26 heavy (non-hydrogen) atoms. The highest BCUT2D eigenvalue weighted by Crippen LogP contribution is 2.31. The Labute approximate surface area is 157 Å². The molecule has 0 atom stereocenters. The van der Waals surface area contributed by atoms with E-state index < -0.39 is 11.7 Å². The van der Waals surface area contributed by atoms with Crippen molar-refractivity contribution >= 4 is 35.0 Å². The number of nitrogens with one attached hydrogen (secondary N) is 1. The summed E-state index contributed by atoms with van der Waals surface area (Å²) in [5.74, 6) is -0.267. The monoisotopic (exact) mass is 374 g/mol. The van der Waals surface area contributed by atoms with Crippen molar-refractivity contribution in [2.75, 3.05) is 30.4 Å². The zero-order chi connectivity index (χ0) is 18.5. The van der Waals surface area contributed by atoms with Gasteiger partial charge >= 0.3 is 0 Å². The summed E-state index contributed by atoms with van der Waals surface area (Å²) in [6, 6.07) is 9.96. The summed E-state index contributed by atoms with van der Waals surface area (Å²) < 4.78 is 19.5. The molecule has 0 aliphatic carbocycles. The van der Waals surface area contributed by atoms with Gasteiger partial charge in [0.1, 0.15) is 17.3 Å². The van der Waals surface area contributed by atoms with Crippen molar-refractivity contribution in [3.05, 3.63) is 58.9 Å². The van der Waals surface area contributed by atoms with E-state index in [1.165, 1.54) is 12.1 Å². The quantitative estimate of drug-likeness (QED) is 0.768. The standard InChI is InChI=1S/C20H20ClFN2O2/c1-26-18-9-8-15(21)13-14(18)7-10-19(25)23-20-16(22)5-4-6-17(20)24-11-2-3-12-24/h4-10,13H,2-3,11-12H2,1H3,(H,23,25)/b10-7+. The number of para-hydroxylation sites is 1.